The summed E-state index contributed by atoms with van der Waals surface area (Å²) in [6.45, 7) is 1.92. The summed E-state index contributed by atoms with van der Waals surface area (Å²) in [5.74, 6) is 0.108. The molecular weight excluding hydrogens is 236 g/mol. The molecule has 0 atom stereocenters. The Morgan fingerprint density at radius 2 is 1.84 bits per heavy atom. The van der Waals surface area contributed by atoms with E-state index >= 15 is 0 Å². The van der Waals surface area contributed by atoms with Gasteiger partial charge in [0.05, 0.1) is 0 Å². The van der Waals surface area contributed by atoms with Crippen molar-refractivity contribution in [2.24, 2.45) is 0 Å². The predicted molar refractivity (Wildman–Crippen MR) is 79.2 cm³/mol. The van der Waals surface area contributed by atoms with E-state index in [9.17, 15) is 4.79 Å². The summed E-state index contributed by atoms with van der Waals surface area (Å²) in [5, 5.41) is 0. The van der Waals surface area contributed by atoms with Crippen LogP contribution in [0.1, 0.15) is 54.4 Å². The van der Waals surface area contributed by atoms with E-state index in [-0.39, 0.29) is 5.91 Å². The van der Waals surface area contributed by atoms with Gasteiger partial charge in [0.25, 0.3) is 5.91 Å². The molecule has 19 heavy (non-hydrogen) atoms. The average molecular weight is 260 g/mol. The molecule has 104 valence electrons. The fourth-order valence-corrected chi connectivity index (χ4v) is 2.89. The maximum Gasteiger partial charge on any atom is 0.254 e. The number of nitrogen functional groups attached to an aromatic ring is 1. The van der Waals surface area contributed by atoms with Crippen molar-refractivity contribution in [1.29, 1.82) is 0 Å². The van der Waals surface area contributed by atoms with Crippen molar-refractivity contribution in [3.8, 4) is 0 Å². The number of anilines is 1. The molecule has 0 bridgehead atoms. The molecule has 0 saturated heterocycles. The van der Waals surface area contributed by atoms with Crippen LogP contribution in [-0.2, 0) is 0 Å². The van der Waals surface area contributed by atoms with Crippen LogP contribution in [0.2, 0.25) is 0 Å². The van der Waals surface area contributed by atoms with Crippen LogP contribution in [0.15, 0.2) is 18.2 Å². The predicted octanol–water partition coefficient (Wildman–Crippen LogP) is 3.37. The molecule has 0 heterocycles. The maximum absolute atomic E-state index is 12.6. The molecule has 1 saturated carbocycles. The van der Waals surface area contributed by atoms with E-state index in [2.05, 4.69) is 0 Å². The smallest absolute Gasteiger partial charge is 0.254 e. The largest absolute Gasteiger partial charge is 0.398 e. The zero-order valence-electron chi connectivity index (χ0n) is 12.0. The van der Waals surface area contributed by atoms with Gasteiger partial charge in [-0.15, -0.1) is 0 Å². The Bertz CT molecular complexity index is 448. The van der Waals surface area contributed by atoms with Crippen LogP contribution in [-0.4, -0.2) is 23.9 Å². The summed E-state index contributed by atoms with van der Waals surface area (Å²) in [6, 6.07) is 5.96. The molecule has 0 spiro atoms. The molecule has 1 aliphatic rings. The summed E-state index contributed by atoms with van der Waals surface area (Å²) in [5.41, 5.74) is 8.22. The number of hydrogen-bond donors (Lipinski definition) is 1. The molecule has 1 aliphatic carbocycles. The van der Waals surface area contributed by atoms with Gasteiger partial charge in [-0.3, -0.25) is 4.79 Å². The number of benzene rings is 1. The molecule has 1 aromatic rings. The van der Waals surface area contributed by atoms with Crippen LogP contribution in [0, 0.1) is 6.92 Å². The minimum atomic E-state index is 0.108. The molecule has 3 nitrogen and oxygen atoms in total. The van der Waals surface area contributed by atoms with Crippen LogP contribution < -0.4 is 5.73 Å². The topological polar surface area (TPSA) is 46.3 Å². The van der Waals surface area contributed by atoms with E-state index in [4.69, 9.17) is 5.73 Å². The number of carbonyl (C=O) groups is 1. The second kappa shape index (κ2) is 6.09. The Balaban J connectivity index is 2.15. The normalized spacial score (nSPS) is 16.9. The molecule has 1 fully saturated rings. The highest BCUT2D eigenvalue weighted by Gasteiger charge is 2.23. The number of hydrogen-bond acceptors (Lipinski definition) is 2. The second-order valence-electron chi connectivity index (χ2n) is 5.58. The summed E-state index contributed by atoms with van der Waals surface area (Å²) < 4.78 is 0. The molecule has 0 aliphatic heterocycles. The van der Waals surface area contributed by atoms with E-state index in [0.29, 0.717) is 11.7 Å². The van der Waals surface area contributed by atoms with E-state index in [1.54, 1.807) is 0 Å². The highest BCUT2D eigenvalue weighted by atomic mass is 16.2. The molecule has 0 radical (unpaired) electrons. The lowest BCUT2D eigenvalue weighted by Gasteiger charge is -2.28. The molecule has 1 amide bonds. The van der Waals surface area contributed by atoms with Gasteiger partial charge >= 0.3 is 0 Å². The molecule has 2 rings (SSSR count). The lowest BCUT2D eigenvalue weighted by Crippen LogP contribution is -2.37. The number of carbonyl (C=O) groups excluding carboxylic acids is 1. The Hall–Kier alpha value is -1.51. The second-order valence-corrected chi connectivity index (χ2v) is 5.58. The van der Waals surface area contributed by atoms with Gasteiger partial charge in [-0.1, -0.05) is 31.7 Å². The molecule has 0 unspecified atom stereocenters. The molecule has 0 aromatic heterocycles. The van der Waals surface area contributed by atoms with Gasteiger partial charge in [0.15, 0.2) is 0 Å². The third kappa shape index (κ3) is 3.09. The fourth-order valence-electron chi connectivity index (χ4n) is 2.89. The van der Waals surface area contributed by atoms with E-state index in [1.807, 2.05) is 37.1 Å². The molecule has 2 N–H and O–H groups in total. The van der Waals surface area contributed by atoms with Crippen LogP contribution in [0.25, 0.3) is 0 Å². The zero-order valence-corrected chi connectivity index (χ0v) is 12.0. The highest BCUT2D eigenvalue weighted by Crippen LogP contribution is 2.24. The standard InChI is InChI=1S/C16H24N2O/c1-12-14(10-7-11-15(12)17)16(19)18(2)13-8-5-3-4-6-9-13/h7,10-11,13H,3-6,8-9,17H2,1-2H3. The molecule has 3 heteroatoms. The Labute approximate surface area is 115 Å². The molecular formula is C16H24N2O. The Morgan fingerprint density at radius 3 is 2.47 bits per heavy atom. The SMILES string of the molecule is Cc1c(N)cccc1C(=O)N(C)C1CCCCCC1. The van der Waals surface area contributed by atoms with Gasteiger partial charge in [0, 0.05) is 24.3 Å². The van der Waals surface area contributed by atoms with Crippen molar-refractivity contribution < 1.29 is 4.79 Å². The highest BCUT2D eigenvalue weighted by molar-refractivity contribution is 5.96. The van der Waals surface area contributed by atoms with E-state index < -0.39 is 0 Å². The lowest BCUT2D eigenvalue weighted by molar-refractivity contribution is 0.0717. The minimum Gasteiger partial charge on any atom is -0.398 e. The van der Waals surface area contributed by atoms with Gasteiger partial charge in [-0.25, -0.2) is 0 Å². The first-order valence-corrected chi connectivity index (χ1v) is 7.23. The van der Waals surface area contributed by atoms with Crippen molar-refractivity contribution in [2.75, 3.05) is 12.8 Å². The quantitative estimate of drug-likeness (QED) is 0.654. The van der Waals surface area contributed by atoms with Gasteiger partial charge in [-0.2, -0.15) is 0 Å². The summed E-state index contributed by atoms with van der Waals surface area (Å²) in [6.07, 6.45) is 7.33. The maximum atomic E-state index is 12.6. The van der Waals surface area contributed by atoms with Crippen molar-refractivity contribution >= 4 is 11.6 Å². The first kappa shape index (κ1) is 13.9. The number of nitrogens with zero attached hydrogens (tertiary/aromatic N) is 1. The summed E-state index contributed by atoms with van der Waals surface area (Å²) >= 11 is 0. The Morgan fingerprint density at radius 1 is 1.21 bits per heavy atom. The third-order valence-electron chi connectivity index (χ3n) is 4.30. The van der Waals surface area contributed by atoms with Gasteiger partial charge in [0.2, 0.25) is 0 Å². The van der Waals surface area contributed by atoms with E-state index in [0.717, 1.165) is 24.0 Å². The lowest BCUT2D eigenvalue weighted by atomic mass is 10.0. The van der Waals surface area contributed by atoms with Crippen molar-refractivity contribution in [1.82, 2.24) is 4.90 Å². The van der Waals surface area contributed by atoms with Gasteiger partial charge in [0.1, 0.15) is 0 Å². The number of rotatable bonds is 2. The Kier molecular flexibility index (Phi) is 4.46. The van der Waals surface area contributed by atoms with Crippen LogP contribution in [0.5, 0.6) is 0 Å². The first-order chi connectivity index (χ1) is 9.11. The van der Waals surface area contributed by atoms with Gasteiger partial charge < -0.3 is 10.6 Å². The summed E-state index contributed by atoms with van der Waals surface area (Å²) in [7, 11) is 1.93. The van der Waals surface area contributed by atoms with Gasteiger partial charge in [-0.05, 0) is 37.5 Å². The zero-order chi connectivity index (χ0) is 13.8. The van der Waals surface area contributed by atoms with Crippen LogP contribution in [0.4, 0.5) is 5.69 Å². The van der Waals surface area contributed by atoms with Crippen LogP contribution in [0.3, 0.4) is 0 Å². The van der Waals surface area contributed by atoms with Crippen LogP contribution >= 0.6 is 0 Å². The number of amides is 1. The minimum absolute atomic E-state index is 0.108. The monoisotopic (exact) mass is 260 g/mol. The van der Waals surface area contributed by atoms with E-state index in [1.165, 1.54) is 25.7 Å². The fraction of sp³-hybridized carbons (Fsp3) is 0.562. The number of nitrogens with two attached hydrogens (primary N) is 1. The first-order valence-electron chi connectivity index (χ1n) is 7.23. The third-order valence-corrected chi connectivity index (χ3v) is 4.30. The molecule has 1 aromatic carbocycles. The van der Waals surface area contributed by atoms with Crippen molar-refractivity contribution in [3.63, 3.8) is 0 Å². The van der Waals surface area contributed by atoms with Crippen molar-refractivity contribution in [2.45, 2.75) is 51.5 Å². The van der Waals surface area contributed by atoms with Crippen molar-refractivity contribution in [3.05, 3.63) is 29.3 Å². The average Bonchev–Trinajstić information content (AvgIpc) is 2.69. The summed E-state index contributed by atoms with van der Waals surface area (Å²) in [4.78, 5) is 14.5.